The average Bonchev–Trinajstić information content (AvgIpc) is 3.38. The van der Waals surface area contributed by atoms with Crippen LogP contribution in [0.4, 0.5) is 5.69 Å². The van der Waals surface area contributed by atoms with Crippen LogP contribution in [0, 0.1) is 25.6 Å². The number of hydrogen-bond acceptors (Lipinski definition) is 3. The van der Waals surface area contributed by atoms with Gasteiger partial charge >= 0.3 is 0 Å². The monoisotopic (exact) mass is 692 g/mol. The van der Waals surface area contributed by atoms with E-state index in [1.165, 1.54) is 0 Å². The maximum absolute atomic E-state index is 8.07. The van der Waals surface area contributed by atoms with Crippen LogP contribution in [0.25, 0.3) is 49.3 Å². The van der Waals surface area contributed by atoms with Gasteiger partial charge in [-0.3, -0.25) is 0 Å². The van der Waals surface area contributed by atoms with Gasteiger partial charge < -0.3 is 14.4 Å². The molecule has 0 fully saturated rings. The first-order valence-corrected chi connectivity index (χ1v) is 12.0. The van der Waals surface area contributed by atoms with Crippen molar-refractivity contribution in [3.8, 4) is 22.5 Å². The Balaban J connectivity index is 0.000000201. The molecule has 0 bridgehead atoms. The molecule has 0 aliphatic heterocycles. The molecule has 3 heterocycles. The fourth-order valence-corrected chi connectivity index (χ4v) is 4.05. The maximum atomic E-state index is 8.07. The first-order valence-electron chi connectivity index (χ1n) is 15.0. The molecule has 0 amide bonds. The first-order chi connectivity index (χ1) is 20.8. The smallest absolute Gasteiger partial charge is 0.197 e. The number of pyridine rings is 2. The van der Waals surface area contributed by atoms with Crippen molar-refractivity contribution >= 4 is 27.6 Å². The Kier molecular flexibility index (Phi) is 6.27. The van der Waals surface area contributed by atoms with E-state index >= 15 is 0 Å². The normalized spacial score (nSPS) is 13.4. The molecule has 3 aromatic carbocycles. The first kappa shape index (κ1) is 20.8. The van der Waals surface area contributed by atoms with Crippen LogP contribution in [0.15, 0.2) is 95.6 Å². The number of benzene rings is 3. The van der Waals surface area contributed by atoms with E-state index in [2.05, 4.69) is 26.9 Å². The zero-order chi connectivity index (χ0) is 31.8. The molecule has 0 aliphatic carbocycles. The average molecular weight is 692 g/mol. The number of furan rings is 1. The molecule has 1 radical (unpaired) electrons. The molecule has 0 saturated carbocycles. The third-order valence-corrected chi connectivity index (χ3v) is 5.98. The van der Waals surface area contributed by atoms with E-state index < -0.39 is 24.6 Å². The van der Waals surface area contributed by atoms with E-state index in [1.807, 2.05) is 75.4 Å². The summed E-state index contributed by atoms with van der Waals surface area (Å²) in [5.41, 5.74) is 4.68. The Hall–Kier alpha value is -4.10. The number of rotatable bonds is 2. The van der Waals surface area contributed by atoms with Gasteiger partial charge in [-0.15, -0.1) is 53.6 Å². The molecule has 0 aliphatic rings. The summed E-state index contributed by atoms with van der Waals surface area (Å²) in [6.45, 7) is 10.8. The predicted octanol–water partition coefficient (Wildman–Crippen LogP) is 9.15. The van der Waals surface area contributed by atoms with E-state index in [0.717, 1.165) is 38.8 Å². The summed E-state index contributed by atoms with van der Waals surface area (Å²) in [4.78, 5) is 11.9. The van der Waals surface area contributed by atoms with E-state index in [4.69, 9.17) is 19.2 Å². The minimum absolute atomic E-state index is 0. The Morgan fingerprint density at radius 3 is 2.56 bits per heavy atom. The van der Waals surface area contributed by atoms with E-state index in [1.54, 1.807) is 18.3 Å². The van der Waals surface area contributed by atoms with Crippen molar-refractivity contribution < 1.29 is 32.7 Å². The minimum atomic E-state index is -2.63. The van der Waals surface area contributed by atoms with E-state index in [-0.39, 0.29) is 37.3 Å². The fraction of sp³-hybridized carbons (Fsp3) is 0.147. The summed E-state index contributed by atoms with van der Waals surface area (Å²) >= 11 is 0. The van der Waals surface area contributed by atoms with Crippen LogP contribution in [0.2, 0.25) is 0 Å². The van der Waals surface area contributed by atoms with Crippen molar-refractivity contribution in [3.05, 3.63) is 126 Å². The second-order valence-electron chi connectivity index (χ2n) is 9.61. The van der Waals surface area contributed by atoms with E-state index in [9.17, 15) is 0 Å². The maximum Gasteiger partial charge on any atom is 0.197 e. The molecule has 6 rings (SSSR count). The molecular formula is C34H27IrN3O-2. The summed E-state index contributed by atoms with van der Waals surface area (Å²) < 4.78 is 52.0. The third kappa shape index (κ3) is 5.99. The van der Waals surface area contributed by atoms with Crippen molar-refractivity contribution in [1.82, 2.24) is 9.97 Å². The summed E-state index contributed by atoms with van der Waals surface area (Å²) in [6.07, 6.45) is 1.26. The molecule has 5 heteroatoms. The molecule has 6 aromatic rings. The van der Waals surface area contributed by atoms with Crippen LogP contribution >= 0.6 is 0 Å². The predicted molar refractivity (Wildman–Crippen MR) is 154 cm³/mol. The summed E-state index contributed by atoms with van der Waals surface area (Å²) in [7, 11) is 0. The molecule has 3 aromatic heterocycles. The van der Waals surface area contributed by atoms with Crippen molar-refractivity contribution in [1.29, 1.82) is 0 Å². The quantitative estimate of drug-likeness (QED) is 0.170. The Morgan fingerprint density at radius 2 is 1.82 bits per heavy atom. The van der Waals surface area contributed by atoms with Gasteiger partial charge in [-0.25, -0.2) is 4.85 Å². The molecule has 4 nitrogen and oxygen atoms in total. The van der Waals surface area contributed by atoms with Crippen LogP contribution in [0.1, 0.15) is 40.1 Å². The number of fused-ring (bicyclic) bond motifs is 3. The Labute approximate surface area is 251 Å². The number of nitrogens with zero attached hydrogens (tertiary/aromatic N) is 3. The van der Waals surface area contributed by atoms with Crippen LogP contribution < -0.4 is 0 Å². The van der Waals surface area contributed by atoms with Crippen molar-refractivity contribution in [2.24, 2.45) is 0 Å². The topological polar surface area (TPSA) is 43.3 Å². The largest absolute Gasteiger partial charge is 0.502 e. The van der Waals surface area contributed by atoms with Crippen LogP contribution in [0.3, 0.4) is 0 Å². The van der Waals surface area contributed by atoms with Crippen molar-refractivity contribution in [2.75, 3.05) is 0 Å². The molecule has 0 atom stereocenters. The van der Waals surface area contributed by atoms with Gasteiger partial charge in [0.25, 0.3) is 0 Å². The van der Waals surface area contributed by atoms with Gasteiger partial charge in [-0.05, 0) is 41.4 Å². The van der Waals surface area contributed by atoms with Gasteiger partial charge in [0, 0.05) is 42.0 Å². The number of hydrogen-bond donors (Lipinski definition) is 0. The Morgan fingerprint density at radius 1 is 0.974 bits per heavy atom. The van der Waals surface area contributed by atoms with Crippen LogP contribution in [0.5, 0.6) is 0 Å². The van der Waals surface area contributed by atoms with Gasteiger partial charge in [0.2, 0.25) is 0 Å². The second kappa shape index (κ2) is 11.7. The third-order valence-electron chi connectivity index (χ3n) is 5.98. The molecule has 195 valence electrons. The summed E-state index contributed by atoms with van der Waals surface area (Å²) in [6, 6.07) is 25.9. The van der Waals surface area contributed by atoms with Gasteiger partial charge in [-0.1, -0.05) is 68.1 Å². The molecule has 0 unspecified atom stereocenters. The molecule has 0 saturated heterocycles. The SMILES string of the molecule is [2H]c1nc(-c2[c-]ccc(C(C)(C)C)c2)c([2H])c([2H])c1C([2H])([2H])[2H].[C-]#[N+]c1cccc2oc3c(-c4ccccn4)[c-]ccc3c12.[Ir]. The van der Waals surface area contributed by atoms with Crippen molar-refractivity contribution in [3.63, 3.8) is 0 Å². The zero-order valence-corrected chi connectivity index (χ0v) is 23.9. The van der Waals surface area contributed by atoms with Crippen LogP contribution in [-0.2, 0) is 25.5 Å². The van der Waals surface area contributed by atoms with Crippen LogP contribution in [-0.4, -0.2) is 9.97 Å². The molecular weight excluding hydrogens is 659 g/mol. The standard InChI is InChI=1S/C18H9N2O.C16H18N.Ir/c1-19-15-9-5-10-16-17(15)13-7-4-6-12(18(13)21-16)14-8-2-3-11-20-14;1-12-8-9-15(17-11-12)13-6-5-7-14(10-13)16(2,3)4;/h2-5,7-11H;5,7-11H,1-4H3;/q2*-1;/i;1D3,8D,9D,11D;. The molecule has 39 heavy (non-hydrogen) atoms. The minimum Gasteiger partial charge on any atom is -0.502 e. The molecule has 0 spiro atoms. The van der Waals surface area contributed by atoms with Gasteiger partial charge in [0.1, 0.15) is 5.58 Å². The molecule has 0 N–H and O–H groups in total. The zero-order valence-electron chi connectivity index (χ0n) is 27.5. The van der Waals surface area contributed by atoms with Gasteiger partial charge in [0.15, 0.2) is 5.69 Å². The van der Waals surface area contributed by atoms with Gasteiger partial charge in [0.05, 0.1) is 16.3 Å². The number of aromatic nitrogens is 2. The fourth-order valence-electron chi connectivity index (χ4n) is 4.05. The summed E-state index contributed by atoms with van der Waals surface area (Å²) in [5, 5.41) is 1.78. The summed E-state index contributed by atoms with van der Waals surface area (Å²) in [5.74, 6) is 0. The van der Waals surface area contributed by atoms with Crippen molar-refractivity contribution in [2.45, 2.75) is 33.0 Å². The Bertz CT molecular complexity index is 2040. The van der Waals surface area contributed by atoms with E-state index in [0.29, 0.717) is 11.3 Å². The van der Waals surface area contributed by atoms with Gasteiger partial charge in [-0.2, -0.15) is 0 Å². The second-order valence-corrected chi connectivity index (χ2v) is 9.61.